The average Bonchev–Trinajstić information content (AvgIpc) is 3.41. The normalized spacial score (nSPS) is 15.7. The van der Waals surface area contributed by atoms with Crippen LogP contribution >= 0.6 is 0 Å². The highest BCUT2D eigenvalue weighted by atomic mass is 32.2. The van der Waals surface area contributed by atoms with E-state index in [2.05, 4.69) is 58.5 Å². The van der Waals surface area contributed by atoms with E-state index in [9.17, 15) is 8.42 Å². The van der Waals surface area contributed by atoms with Crippen molar-refractivity contribution in [1.29, 1.82) is 0 Å². The monoisotopic (exact) mass is 458 g/mol. The molecule has 6 nitrogen and oxygen atoms in total. The third-order valence-electron chi connectivity index (χ3n) is 6.11. The van der Waals surface area contributed by atoms with Gasteiger partial charge >= 0.3 is 0 Å². The fraction of sp³-hybridized carbons (Fsp3) is 0.192. The van der Waals surface area contributed by atoms with Gasteiger partial charge in [0.2, 0.25) is 10.0 Å². The van der Waals surface area contributed by atoms with Crippen LogP contribution in [0.2, 0.25) is 0 Å². The number of sulfonamides is 1. The van der Waals surface area contributed by atoms with Gasteiger partial charge in [0.1, 0.15) is 0 Å². The predicted octanol–water partition coefficient (Wildman–Crippen LogP) is 3.97. The number of nitrogens with zero attached hydrogens (tertiary/aromatic N) is 4. The van der Waals surface area contributed by atoms with E-state index in [0.717, 1.165) is 5.69 Å². The fourth-order valence-electron chi connectivity index (χ4n) is 4.43. The van der Waals surface area contributed by atoms with Crippen molar-refractivity contribution in [2.75, 3.05) is 26.2 Å². The Balaban J connectivity index is 1.33. The van der Waals surface area contributed by atoms with Crippen LogP contribution in [0, 0.1) is 0 Å². The zero-order valence-electron chi connectivity index (χ0n) is 18.2. The van der Waals surface area contributed by atoms with E-state index in [1.54, 1.807) is 39.4 Å². The molecule has 0 atom stereocenters. The second-order valence-electron chi connectivity index (χ2n) is 8.11. The van der Waals surface area contributed by atoms with Gasteiger partial charge in [0.15, 0.2) is 0 Å². The van der Waals surface area contributed by atoms with Crippen molar-refractivity contribution in [3.05, 3.63) is 115 Å². The first-order valence-electron chi connectivity index (χ1n) is 11.1. The number of hydrogen-bond donors (Lipinski definition) is 0. The molecule has 5 rings (SSSR count). The Kier molecular flexibility index (Phi) is 6.09. The maximum absolute atomic E-state index is 13.3. The van der Waals surface area contributed by atoms with Crippen LogP contribution in [0.25, 0.3) is 5.69 Å². The van der Waals surface area contributed by atoms with Crippen LogP contribution < -0.4 is 0 Å². The summed E-state index contributed by atoms with van der Waals surface area (Å²) in [5, 5.41) is 4.19. The number of hydrogen-bond acceptors (Lipinski definition) is 4. The molecule has 3 aromatic carbocycles. The van der Waals surface area contributed by atoms with Gasteiger partial charge in [-0.05, 0) is 41.5 Å². The molecule has 0 radical (unpaired) electrons. The van der Waals surface area contributed by atoms with E-state index in [-0.39, 0.29) is 6.04 Å². The molecule has 1 fully saturated rings. The van der Waals surface area contributed by atoms with Crippen molar-refractivity contribution in [3.8, 4) is 5.69 Å². The Bertz CT molecular complexity index is 1230. The summed E-state index contributed by atoms with van der Waals surface area (Å²) >= 11 is 0. The van der Waals surface area contributed by atoms with Gasteiger partial charge in [-0.15, -0.1) is 0 Å². The first kappa shape index (κ1) is 21.6. The highest BCUT2D eigenvalue weighted by Gasteiger charge is 2.32. The average molecular weight is 459 g/mol. The molecule has 0 unspecified atom stereocenters. The lowest BCUT2D eigenvalue weighted by Gasteiger charge is -2.39. The molecule has 33 heavy (non-hydrogen) atoms. The van der Waals surface area contributed by atoms with Gasteiger partial charge in [-0.3, -0.25) is 4.90 Å². The molecule has 0 aliphatic carbocycles. The quantitative estimate of drug-likeness (QED) is 0.439. The van der Waals surface area contributed by atoms with Crippen LogP contribution in [0.4, 0.5) is 0 Å². The van der Waals surface area contributed by atoms with E-state index < -0.39 is 10.0 Å². The highest BCUT2D eigenvalue weighted by molar-refractivity contribution is 7.89. The van der Waals surface area contributed by atoms with Gasteiger partial charge in [0, 0.05) is 38.6 Å². The second kappa shape index (κ2) is 9.31. The molecule has 0 N–H and O–H groups in total. The second-order valence-corrected chi connectivity index (χ2v) is 10.0. The largest absolute Gasteiger partial charge is 0.290 e. The van der Waals surface area contributed by atoms with Crippen LogP contribution in [0.1, 0.15) is 17.2 Å². The summed E-state index contributed by atoms with van der Waals surface area (Å²) in [4.78, 5) is 2.69. The van der Waals surface area contributed by atoms with Gasteiger partial charge in [0.05, 0.1) is 16.6 Å². The number of aromatic nitrogens is 2. The topological polar surface area (TPSA) is 58.4 Å². The number of benzene rings is 3. The van der Waals surface area contributed by atoms with Crippen LogP contribution in [0.15, 0.2) is 108 Å². The van der Waals surface area contributed by atoms with Crippen molar-refractivity contribution < 1.29 is 8.42 Å². The van der Waals surface area contributed by atoms with E-state index in [1.165, 1.54) is 11.1 Å². The lowest BCUT2D eigenvalue weighted by molar-refractivity contribution is 0.156. The lowest BCUT2D eigenvalue weighted by Crippen LogP contribution is -2.49. The molecule has 168 valence electrons. The molecule has 0 bridgehead atoms. The first-order chi connectivity index (χ1) is 16.1. The highest BCUT2D eigenvalue weighted by Crippen LogP contribution is 2.30. The van der Waals surface area contributed by atoms with Crippen LogP contribution in [-0.4, -0.2) is 53.6 Å². The fourth-order valence-corrected chi connectivity index (χ4v) is 5.85. The molecule has 0 spiro atoms. The maximum Gasteiger partial charge on any atom is 0.243 e. The van der Waals surface area contributed by atoms with Crippen molar-refractivity contribution >= 4 is 10.0 Å². The molecule has 1 aliphatic rings. The third kappa shape index (κ3) is 4.48. The van der Waals surface area contributed by atoms with Gasteiger partial charge in [0.25, 0.3) is 0 Å². The molecule has 1 aliphatic heterocycles. The minimum absolute atomic E-state index is 0.102. The smallest absolute Gasteiger partial charge is 0.243 e. The third-order valence-corrected chi connectivity index (χ3v) is 8.03. The lowest BCUT2D eigenvalue weighted by atomic mass is 9.96. The van der Waals surface area contributed by atoms with Gasteiger partial charge < -0.3 is 0 Å². The minimum Gasteiger partial charge on any atom is -0.290 e. The summed E-state index contributed by atoms with van der Waals surface area (Å²) in [5.74, 6) is 0. The van der Waals surface area contributed by atoms with Gasteiger partial charge in [-0.25, -0.2) is 13.1 Å². The van der Waals surface area contributed by atoms with E-state index >= 15 is 0 Å². The van der Waals surface area contributed by atoms with Crippen LogP contribution in [0.3, 0.4) is 0 Å². The van der Waals surface area contributed by atoms with Gasteiger partial charge in [-0.1, -0.05) is 60.7 Å². The van der Waals surface area contributed by atoms with Crippen LogP contribution in [0.5, 0.6) is 0 Å². The molecule has 0 amide bonds. The Morgan fingerprint density at radius 3 is 1.79 bits per heavy atom. The molecule has 7 heteroatoms. The molecule has 1 saturated heterocycles. The van der Waals surface area contributed by atoms with Crippen LogP contribution in [-0.2, 0) is 10.0 Å². The van der Waals surface area contributed by atoms with Crippen molar-refractivity contribution in [3.63, 3.8) is 0 Å². The zero-order valence-corrected chi connectivity index (χ0v) is 19.1. The molecular formula is C26H26N4O2S. The molecule has 2 heterocycles. The summed E-state index contributed by atoms with van der Waals surface area (Å²) in [6.07, 6.45) is 3.53. The van der Waals surface area contributed by atoms with Crippen molar-refractivity contribution in [2.24, 2.45) is 0 Å². The Morgan fingerprint density at radius 1 is 0.697 bits per heavy atom. The van der Waals surface area contributed by atoms with Gasteiger partial charge in [-0.2, -0.15) is 9.40 Å². The molecule has 4 aromatic rings. The Morgan fingerprint density at radius 2 is 1.27 bits per heavy atom. The Labute approximate surface area is 194 Å². The summed E-state index contributed by atoms with van der Waals surface area (Å²) < 4.78 is 29.9. The molecule has 1 aromatic heterocycles. The molecular weight excluding hydrogens is 432 g/mol. The summed E-state index contributed by atoms with van der Waals surface area (Å²) in [6, 6.07) is 29.7. The molecule has 0 saturated carbocycles. The van der Waals surface area contributed by atoms with Crippen molar-refractivity contribution in [1.82, 2.24) is 19.0 Å². The SMILES string of the molecule is O=S(=O)(c1ccc(-n2cccn2)cc1)N1CCN(C(c2ccccc2)c2ccccc2)CC1. The maximum atomic E-state index is 13.3. The Hall–Kier alpha value is -3.26. The summed E-state index contributed by atoms with van der Waals surface area (Å²) in [7, 11) is -3.55. The first-order valence-corrected chi connectivity index (χ1v) is 12.5. The van der Waals surface area contributed by atoms with E-state index in [0.29, 0.717) is 31.1 Å². The van der Waals surface area contributed by atoms with E-state index in [4.69, 9.17) is 0 Å². The standard InChI is InChI=1S/C26H26N4O2S/c31-33(32,25-14-12-24(13-15-25)30-17-7-16-27-30)29-20-18-28(19-21-29)26(22-8-3-1-4-9-22)23-10-5-2-6-11-23/h1-17,26H,18-21H2. The summed E-state index contributed by atoms with van der Waals surface area (Å²) in [6.45, 7) is 2.25. The van der Waals surface area contributed by atoms with Crippen molar-refractivity contribution in [2.45, 2.75) is 10.9 Å². The van der Waals surface area contributed by atoms with E-state index in [1.807, 2.05) is 24.4 Å². The number of piperazine rings is 1. The minimum atomic E-state index is -3.55. The predicted molar refractivity (Wildman–Crippen MR) is 129 cm³/mol. The summed E-state index contributed by atoms with van der Waals surface area (Å²) in [5.41, 5.74) is 3.26. The number of rotatable bonds is 6. The zero-order chi connectivity index (χ0) is 22.7.